The van der Waals surface area contributed by atoms with Gasteiger partial charge in [-0.15, -0.1) is 0 Å². The van der Waals surface area contributed by atoms with Gasteiger partial charge in [0.2, 0.25) is 0 Å². The predicted octanol–water partition coefficient (Wildman–Crippen LogP) is 16.3. The number of carboxylic acid groups (broad SMARTS) is 1. The average Bonchev–Trinajstić information content (AvgIpc) is 3.42. The summed E-state index contributed by atoms with van der Waals surface area (Å²) in [5.74, 6) is -3.14. The van der Waals surface area contributed by atoms with E-state index in [-0.39, 0.29) is 25.9 Å². The van der Waals surface area contributed by atoms with Crippen molar-refractivity contribution in [3.05, 3.63) is 60.8 Å². The van der Waals surface area contributed by atoms with E-state index >= 15 is 0 Å². The topological polar surface area (TPSA) is 175 Å². The van der Waals surface area contributed by atoms with Crippen molar-refractivity contribution in [1.82, 2.24) is 0 Å². The number of carbonyl (C=O) groups is 4. The van der Waals surface area contributed by atoms with Gasteiger partial charge in [-0.2, -0.15) is 0 Å². The number of ether oxygens (including phenoxy) is 5. The summed E-state index contributed by atoms with van der Waals surface area (Å²) in [5.41, 5.74) is 0. The van der Waals surface area contributed by atoms with Crippen LogP contribution in [0.5, 0.6) is 0 Å². The number of allylic oxidation sites excluding steroid dienone is 10. The maximum absolute atomic E-state index is 13.2. The molecule has 77 heavy (non-hydrogen) atoms. The van der Waals surface area contributed by atoms with E-state index in [1.807, 2.05) is 0 Å². The van der Waals surface area contributed by atoms with Gasteiger partial charge in [-0.3, -0.25) is 14.4 Å². The number of aliphatic carboxylic acids is 1. The van der Waals surface area contributed by atoms with Gasteiger partial charge in [0.15, 0.2) is 24.6 Å². The molecule has 0 aromatic rings. The van der Waals surface area contributed by atoms with Gasteiger partial charge in [0.25, 0.3) is 0 Å². The van der Waals surface area contributed by atoms with Crippen LogP contribution in [0.15, 0.2) is 60.8 Å². The lowest BCUT2D eigenvalue weighted by molar-refractivity contribution is -0.301. The smallest absolute Gasteiger partial charge is 0.335 e. The molecule has 0 amide bonds. The summed E-state index contributed by atoms with van der Waals surface area (Å²) in [6, 6.07) is 0. The van der Waals surface area contributed by atoms with E-state index in [1.165, 1.54) is 122 Å². The quantitative estimate of drug-likeness (QED) is 0.0228. The van der Waals surface area contributed by atoms with Crippen molar-refractivity contribution in [2.75, 3.05) is 13.2 Å². The number of hydrogen-bond acceptors (Lipinski definition) is 11. The Balaban J connectivity index is 2.68. The molecule has 6 unspecified atom stereocenters. The fraction of sp³-hybridized carbons (Fsp3) is 0.785. The summed E-state index contributed by atoms with van der Waals surface area (Å²) in [7, 11) is 0. The third kappa shape index (κ3) is 43.0. The van der Waals surface area contributed by atoms with Crippen molar-refractivity contribution in [1.29, 1.82) is 0 Å². The molecule has 0 spiro atoms. The number of rotatable bonds is 53. The molecule has 12 heteroatoms. The molecular formula is C65H112O12. The van der Waals surface area contributed by atoms with E-state index in [9.17, 15) is 34.5 Å². The highest BCUT2D eigenvalue weighted by Crippen LogP contribution is 2.26. The summed E-state index contributed by atoms with van der Waals surface area (Å²) in [6.07, 6.45) is 53.2. The van der Waals surface area contributed by atoms with E-state index < -0.39 is 67.3 Å². The van der Waals surface area contributed by atoms with Crippen molar-refractivity contribution in [2.24, 2.45) is 0 Å². The molecule has 1 aliphatic rings. The highest BCUT2D eigenvalue weighted by atomic mass is 16.7. The third-order valence-electron chi connectivity index (χ3n) is 14.1. The van der Waals surface area contributed by atoms with Gasteiger partial charge >= 0.3 is 23.9 Å². The van der Waals surface area contributed by atoms with E-state index in [0.29, 0.717) is 19.3 Å². The van der Waals surface area contributed by atoms with Crippen molar-refractivity contribution in [2.45, 2.75) is 314 Å². The molecular weight excluding hydrogens is 973 g/mol. The summed E-state index contributed by atoms with van der Waals surface area (Å²) >= 11 is 0. The van der Waals surface area contributed by atoms with Crippen LogP contribution >= 0.6 is 0 Å². The standard InChI is InChI=1S/C65H112O12/c1-4-7-10-13-16-19-22-25-27-29-31-34-36-39-42-45-48-51-57(66)73-54-56(75-58(67)52-49-46-43-40-37-33-24-21-18-15-12-9-6-3)55-74-65-63(61(70)60(69)62(77-65)64(71)72)76-59(68)53-50-47-44-41-38-35-32-30-28-26-23-20-17-14-11-8-5-2/h8,11,17,20,25-28,32,35,56,60-63,65,69-70H,4-7,9-10,12-16,18-19,21-24,29-31,33-34,36-55H2,1-3H3,(H,71,72)/b11-8-,20-17-,27-25-,28-26-,35-32-. The minimum Gasteiger partial charge on any atom is -0.479 e. The molecule has 1 saturated heterocycles. The monoisotopic (exact) mass is 1080 g/mol. The number of aliphatic hydroxyl groups is 2. The Morgan fingerprint density at radius 1 is 0.442 bits per heavy atom. The van der Waals surface area contributed by atoms with Gasteiger partial charge in [0.05, 0.1) is 6.61 Å². The fourth-order valence-electron chi connectivity index (χ4n) is 9.30. The zero-order valence-corrected chi connectivity index (χ0v) is 49.0. The number of carbonyl (C=O) groups excluding carboxylic acids is 3. The molecule has 12 nitrogen and oxygen atoms in total. The molecule has 0 aromatic heterocycles. The van der Waals surface area contributed by atoms with Gasteiger partial charge in [-0.1, -0.05) is 236 Å². The van der Waals surface area contributed by atoms with Crippen LogP contribution in [0.25, 0.3) is 0 Å². The van der Waals surface area contributed by atoms with Crippen LogP contribution in [0.1, 0.15) is 278 Å². The van der Waals surface area contributed by atoms with Gasteiger partial charge in [0, 0.05) is 19.3 Å². The Morgan fingerprint density at radius 3 is 1.26 bits per heavy atom. The molecule has 0 aliphatic carbocycles. The van der Waals surface area contributed by atoms with Gasteiger partial charge in [-0.05, 0) is 83.5 Å². The van der Waals surface area contributed by atoms with Crippen LogP contribution in [0.4, 0.5) is 0 Å². The Kier molecular flexibility index (Phi) is 49.2. The second-order valence-corrected chi connectivity index (χ2v) is 21.3. The minimum absolute atomic E-state index is 0.0327. The molecule has 0 bridgehead atoms. The van der Waals surface area contributed by atoms with E-state index in [4.69, 9.17) is 23.7 Å². The first-order valence-electron chi connectivity index (χ1n) is 31.3. The molecule has 1 fully saturated rings. The Morgan fingerprint density at radius 2 is 0.818 bits per heavy atom. The van der Waals surface area contributed by atoms with Gasteiger partial charge < -0.3 is 39.0 Å². The zero-order valence-electron chi connectivity index (χ0n) is 49.0. The first-order chi connectivity index (χ1) is 37.6. The summed E-state index contributed by atoms with van der Waals surface area (Å²) < 4.78 is 28.5. The van der Waals surface area contributed by atoms with Crippen LogP contribution in [0.2, 0.25) is 0 Å². The molecule has 0 aromatic carbocycles. The largest absolute Gasteiger partial charge is 0.479 e. The lowest BCUT2D eigenvalue weighted by Gasteiger charge is -2.40. The SMILES string of the molecule is CC/C=C\C/C=C\C/C=C\C/C=C\CCCCCCC(=O)OC1C(OCC(COC(=O)CCCCCCCCC/C=C\CCCCCCCC)OC(=O)CCCCCCCCCCCCCCC)OC(C(=O)O)C(O)C1O. The van der Waals surface area contributed by atoms with Crippen molar-refractivity contribution >= 4 is 23.9 Å². The van der Waals surface area contributed by atoms with Crippen LogP contribution in [0, 0.1) is 0 Å². The zero-order chi connectivity index (χ0) is 56.1. The maximum atomic E-state index is 13.2. The van der Waals surface area contributed by atoms with Crippen molar-refractivity contribution in [3.63, 3.8) is 0 Å². The predicted molar refractivity (Wildman–Crippen MR) is 312 cm³/mol. The first-order valence-corrected chi connectivity index (χ1v) is 31.3. The second kappa shape index (κ2) is 53.1. The third-order valence-corrected chi connectivity index (χ3v) is 14.1. The van der Waals surface area contributed by atoms with Gasteiger partial charge in [0.1, 0.15) is 18.8 Å². The second-order valence-electron chi connectivity index (χ2n) is 21.3. The van der Waals surface area contributed by atoms with Crippen LogP contribution in [-0.4, -0.2) is 89.2 Å². The summed E-state index contributed by atoms with van der Waals surface area (Å²) in [4.78, 5) is 51.2. The fourth-order valence-corrected chi connectivity index (χ4v) is 9.30. The van der Waals surface area contributed by atoms with Crippen molar-refractivity contribution in [3.8, 4) is 0 Å². The molecule has 1 heterocycles. The number of aliphatic hydroxyl groups excluding tert-OH is 2. The van der Waals surface area contributed by atoms with Crippen LogP contribution < -0.4 is 0 Å². The number of esters is 3. The molecule has 0 radical (unpaired) electrons. The minimum atomic E-state index is -1.91. The molecule has 1 aliphatic heterocycles. The Hall–Kier alpha value is -3.58. The highest BCUT2D eigenvalue weighted by molar-refractivity contribution is 5.74. The van der Waals surface area contributed by atoms with E-state index in [2.05, 4.69) is 81.5 Å². The first kappa shape index (κ1) is 71.4. The van der Waals surface area contributed by atoms with E-state index in [1.54, 1.807) is 0 Å². The Bertz CT molecular complexity index is 1570. The molecule has 3 N–H and O–H groups in total. The number of hydrogen-bond donors (Lipinski definition) is 3. The van der Waals surface area contributed by atoms with Gasteiger partial charge in [-0.25, -0.2) is 4.79 Å². The lowest BCUT2D eigenvalue weighted by atomic mass is 9.98. The van der Waals surface area contributed by atoms with Crippen molar-refractivity contribution < 1.29 is 58.2 Å². The molecule has 6 atom stereocenters. The molecule has 444 valence electrons. The summed E-state index contributed by atoms with van der Waals surface area (Å²) in [6.45, 7) is 5.88. The maximum Gasteiger partial charge on any atom is 0.335 e. The molecule has 1 rings (SSSR count). The molecule has 0 saturated carbocycles. The van der Waals surface area contributed by atoms with Crippen LogP contribution in [0.3, 0.4) is 0 Å². The number of unbranched alkanes of at least 4 members (excludes halogenated alkanes) is 29. The Labute approximate surface area is 468 Å². The highest BCUT2D eigenvalue weighted by Gasteiger charge is 2.50. The summed E-state index contributed by atoms with van der Waals surface area (Å²) in [5, 5.41) is 31.5. The average molecular weight is 1090 g/mol. The van der Waals surface area contributed by atoms with Crippen LogP contribution in [-0.2, 0) is 42.9 Å². The lowest BCUT2D eigenvalue weighted by Crippen LogP contribution is -2.61. The van der Waals surface area contributed by atoms with E-state index in [0.717, 1.165) is 96.3 Å². The normalized spacial score (nSPS) is 18.4. The number of carboxylic acids is 1.